The Morgan fingerprint density at radius 2 is 1.85 bits per heavy atom. The molecule has 0 spiro atoms. The van der Waals surface area contributed by atoms with Crippen LogP contribution in [0.2, 0.25) is 5.02 Å². The van der Waals surface area contributed by atoms with Gasteiger partial charge in [-0.25, -0.2) is 9.18 Å². The molecule has 2 aromatic rings. The lowest BCUT2D eigenvalue weighted by molar-refractivity contribution is -0.121. The van der Waals surface area contributed by atoms with Gasteiger partial charge in [0.15, 0.2) is 5.82 Å². The summed E-state index contributed by atoms with van der Waals surface area (Å²) in [4.78, 5) is 26.5. The SMILES string of the molecule is O=C(Nc1cccc(Cl)c1F)[C@@H]1CCCN(C(=O)Nc2ccccc2)C1. The maximum atomic E-state index is 14.0. The van der Waals surface area contributed by atoms with Crippen molar-refractivity contribution in [2.45, 2.75) is 12.8 Å². The third kappa shape index (κ3) is 4.32. The van der Waals surface area contributed by atoms with E-state index in [9.17, 15) is 14.0 Å². The van der Waals surface area contributed by atoms with Gasteiger partial charge in [-0.1, -0.05) is 35.9 Å². The number of hydrogen-bond acceptors (Lipinski definition) is 2. The van der Waals surface area contributed by atoms with Gasteiger partial charge >= 0.3 is 6.03 Å². The molecule has 2 aromatic carbocycles. The summed E-state index contributed by atoms with van der Waals surface area (Å²) in [6.45, 7) is 0.862. The average molecular weight is 376 g/mol. The fourth-order valence-electron chi connectivity index (χ4n) is 2.93. The average Bonchev–Trinajstić information content (AvgIpc) is 2.66. The number of urea groups is 1. The summed E-state index contributed by atoms with van der Waals surface area (Å²) in [5, 5.41) is 5.34. The molecule has 1 saturated heterocycles. The van der Waals surface area contributed by atoms with Crippen molar-refractivity contribution in [1.29, 1.82) is 0 Å². The third-order valence-corrected chi connectivity index (χ3v) is 4.61. The van der Waals surface area contributed by atoms with Gasteiger partial charge in [0.25, 0.3) is 0 Å². The first kappa shape index (κ1) is 18.2. The summed E-state index contributed by atoms with van der Waals surface area (Å²) in [6.07, 6.45) is 1.35. The number of carbonyl (C=O) groups is 2. The van der Waals surface area contributed by atoms with Crippen LogP contribution in [-0.4, -0.2) is 29.9 Å². The van der Waals surface area contributed by atoms with Gasteiger partial charge in [-0.15, -0.1) is 0 Å². The monoisotopic (exact) mass is 375 g/mol. The lowest BCUT2D eigenvalue weighted by Gasteiger charge is -2.32. The minimum absolute atomic E-state index is 0.0460. The van der Waals surface area contributed by atoms with Crippen molar-refractivity contribution in [1.82, 2.24) is 4.90 Å². The standard InChI is InChI=1S/C19H19ClFN3O2/c20-15-9-4-10-16(17(15)21)23-18(25)13-6-5-11-24(12-13)19(26)22-14-7-2-1-3-8-14/h1-4,7-10,13H,5-6,11-12H2,(H,22,26)(H,23,25)/t13-/m1/s1. The van der Waals surface area contributed by atoms with E-state index >= 15 is 0 Å². The topological polar surface area (TPSA) is 61.4 Å². The highest BCUT2D eigenvalue weighted by molar-refractivity contribution is 6.31. The highest BCUT2D eigenvalue weighted by Gasteiger charge is 2.29. The first-order valence-electron chi connectivity index (χ1n) is 8.40. The lowest BCUT2D eigenvalue weighted by atomic mass is 9.97. The van der Waals surface area contributed by atoms with Crippen molar-refractivity contribution in [2.24, 2.45) is 5.92 Å². The number of nitrogens with zero attached hydrogens (tertiary/aromatic N) is 1. The van der Waals surface area contributed by atoms with Gasteiger partial charge in [-0.3, -0.25) is 4.79 Å². The van der Waals surface area contributed by atoms with E-state index < -0.39 is 11.7 Å². The van der Waals surface area contributed by atoms with E-state index in [-0.39, 0.29) is 29.2 Å². The maximum Gasteiger partial charge on any atom is 0.321 e. The Morgan fingerprint density at radius 1 is 1.08 bits per heavy atom. The molecule has 136 valence electrons. The molecule has 7 heteroatoms. The molecule has 26 heavy (non-hydrogen) atoms. The predicted molar refractivity (Wildman–Crippen MR) is 99.8 cm³/mol. The van der Waals surface area contributed by atoms with Crippen molar-refractivity contribution in [3.8, 4) is 0 Å². The molecule has 3 rings (SSSR count). The molecule has 0 aromatic heterocycles. The summed E-state index contributed by atoms with van der Waals surface area (Å²) in [7, 11) is 0. The van der Waals surface area contributed by atoms with Crippen molar-refractivity contribution >= 4 is 34.9 Å². The maximum absolute atomic E-state index is 14.0. The zero-order chi connectivity index (χ0) is 18.5. The summed E-state index contributed by atoms with van der Waals surface area (Å²) in [6, 6.07) is 13.3. The van der Waals surface area contributed by atoms with Gasteiger partial charge in [0.1, 0.15) is 0 Å². The Balaban J connectivity index is 1.61. The van der Waals surface area contributed by atoms with Crippen molar-refractivity contribution in [3.63, 3.8) is 0 Å². The van der Waals surface area contributed by atoms with Gasteiger partial charge in [0.05, 0.1) is 16.6 Å². The van der Waals surface area contributed by atoms with Gasteiger partial charge in [0.2, 0.25) is 5.91 Å². The molecule has 1 fully saturated rings. The van der Waals surface area contributed by atoms with Crippen LogP contribution in [0.25, 0.3) is 0 Å². The van der Waals surface area contributed by atoms with Crippen LogP contribution < -0.4 is 10.6 Å². The fraction of sp³-hybridized carbons (Fsp3) is 0.263. The molecule has 1 atom stereocenters. The number of likely N-dealkylation sites (tertiary alicyclic amines) is 1. The van der Waals surface area contributed by atoms with Gasteiger partial charge in [0, 0.05) is 18.8 Å². The Bertz CT molecular complexity index is 801. The zero-order valence-electron chi connectivity index (χ0n) is 14.0. The molecule has 2 N–H and O–H groups in total. The van der Waals surface area contributed by atoms with E-state index in [1.54, 1.807) is 23.1 Å². The molecule has 0 unspecified atom stereocenters. The van der Waals surface area contributed by atoms with E-state index in [4.69, 9.17) is 11.6 Å². The summed E-state index contributed by atoms with van der Waals surface area (Å²) >= 11 is 5.74. The summed E-state index contributed by atoms with van der Waals surface area (Å²) in [5.74, 6) is -1.37. The van der Waals surface area contributed by atoms with Crippen LogP contribution in [0.4, 0.5) is 20.6 Å². The number of nitrogens with one attached hydrogen (secondary N) is 2. The second-order valence-electron chi connectivity index (χ2n) is 6.17. The summed E-state index contributed by atoms with van der Waals surface area (Å²) < 4.78 is 14.0. The molecule has 1 aliphatic heterocycles. The highest BCUT2D eigenvalue weighted by atomic mass is 35.5. The molecule has 0 radical (unpaired) electrons. The fourth-order valence-corrected chi connectivity index (χ4v) is 3.11. The third-order valence-electron chi connectivity index (χ3n) is 4.31. The summed E-state index contributed by atoms with van der Waals surface area (Å²) in [5.41, 5.74) is 0.749. The Hall–Kier alpha value is -2.60. The first-order chi connectivity index (χ1) is 12.5. The predicted octanol–water partition coefficient (Wildman–Crippen LogP) is 4.36. The minimum atomic E-state index is -0.656. The number of benzene rings is 2. The number of carbonyl (C=O) groups excluding carboxylic acids is 2. The van der Waals surface area contributed by atoms with E-state index in [0.717, 1.165) is 0 Å². The van der Waals surface area contributed by atoms with Gasteiger partial charge in [-0.05, 0) is 37.1 Å². The van der Waals surface area contributed by atoms with Crippen molar-refractivity contribution in [2.75, 3.05) is 23.7 Å². The van der Waals surface area contributed by atoms with Crippen LogP contribution in [-0.2, 0) is 4.79 Å². The van der Waals surface area contributed by atoms with Crippen LogP contribution in [0.1, 0.15) is 12.8 Å². The van der Waals surface area contributed by atoms with Crippen LogP contribution in [0.5, 0.6) is 0 Å². The molecular weight excluding hydrogens is 357 g/mol. The smallest absolute Gasteiger partial charge is 0.321 e. The molecular formula is C19H19ClFN3O2. The number of hydrogen-bond donors (Lipinski definition) is 2. The molecule has 0 saturated carbocycles. The van der Waals surface area contributed by atoms with Crippen molar-refractivity contribution in [3.05, 3.63) is 59.4 Å². The van der Waals surface area contributed by atoms with E-state index in [2.05, 4.69) is 10.6 Å². The first-order valence-corrected chi connectivity index (χ1v) is 8.78. The van der Waals surface area contributed by atoms with E-state index in [1.807, 2.05) is 18.2 Å². The zero-order valence-corrected chi connectivity index (χ0v) is 14.8. The number of para-hydroxylation sites is 1. The molecule has 0 aliphatic carbocycles. The number of anilines is 2. The van der Waals surface area contributed by atoms with Crippen LogP contribution in [0.15, 0.2) is 48.5 Å². The number of rotatable bonds is 3. The highest BCUT2D eigenvalue weighted by Crippen LogP contribution is 2.24. The largest absolute Gasteiger partial charge is 0.324 e. The quantitative estimate of drug-likeness (QED) is 0.837. The van der Waals surface area contributed by atoms with Crippen molar-refractivity contribution < 1.29 is 14.0 Å². The molecule has 1 heterocycles. The van der Waals surface area contributed by atoms with E-state index in [1.165, 1.54) is 12.1 Å². The molecule has 3 amide bonds. The Labute approximate surface area is 156 Å². The number of piperidine rings is 1. The minimum Gasteiger partial charge on any atom is -0.324 e. The van der Waals surface area contributed by atoms with Crippen LogP contribution in [0.3, 0.4) is 0 Å². The normalized spacial score (nSPS) is 16.8. The second kappa shape index (κ2) is 8.19. The van der Waals surface area contributed by atoms with Gasteiger partial charge < -0.3 is 15.5 Å². The van der Waals surface area contributed by atoms with Crippen LogP contribution in [0, 0.1) is 11.7 Å². The molecule has 5 nitrogen and oxygen atoms in total. The molecule has 1 aliphatic rings. The Morgan fingerprint density at radius 3 is 2.62 bits per heavy atom. The van der Waals surface area contributed by atoms with Crippen LogP contribution >= 0.6 is 11.6 Å². The number of amides is 3. The Kier molecular flexibility index (Phi) is 5.73. The van der Waals surface area contributed by atoms with Gasteiger partial charge in [-0.2, -0.15) is 0 Å². The second-order valence-corrected chi connectivity index (χ2v) is 6.58. The number of halogens is 2. The van der Waals surface area contributed by atoms with E-state index in [0.29, 0.717) is 25.1 Å². The lowest BCUT2D eigenvalue weighted by Crippen LogP contribution is -2.45. The molecule has 0 bridgehead atoms.